The Morgan fingerprint density at radius 2 is 1.90 bits per heavy atom. The van der Waals surface area contributed by atoms with Crippen LogP contribution in [-0.2, 0) is 11.2 Å². The van der Waals surface area contributed by atoms with Gasteiger partial charge in [-0.1, -0.05) is 52.2 Å². The zero-order chi connectivity index (χ0) is 22.3. The van der Waals surface area contributed by atoms with Crippen molar-refractivity contribution in [1.82, 2.24) is 15.5 Å². The molecule has 2 fully saturated rings. The van der Waals surface area contributed by atoms with Gasteiger partial charge < -0.3 is 10.2 Å². The average Bonchev–Trinajstić information content (AvgIpc) is 3.21. The summed E-state index contributed by atoms with van der Waals surface area (Å²) in [6.07, 6.45) is 7.61. The number of hydrogen-bond donors (Lipinski definition) is 2. The number of amides is 2. The number of carbonyl (C=O) groups is 2. The van der Waals surface area contributed by atoms with Crippen molar-refractivity contribution < 1.29 is 9.59 Å². The normalized spacial score (nSPS) is 21.3. The van der Waals surface area contributed by atoms with Gasteiger partial charge in [0.05, 0.1) is 10.9 Å². The molecule has 31 heavy (non-hydrogen) atoms. The minimum absolute atomic E-state index is 0.0711. The molecule has 2 N–H and O–H groups in total. The Labute approximate surface area is 192 Å². The van der Waals surface area contributed by atoms with Crippen molar-refractivity contribution in [3.8, 4) is 0 Å². The van der Waals surface area contributed by atoms with Gasteiger partial charge >= 0.3 is 0 Å². The molecule has 3 rings (SSSR count). The molecule has 2 aliphatic rings. The van der Waals surface area contributed by atoms with Crippen molar-refractivity contribution >= 4 is 23.6 Å². The van der Waals surface area contributed by atoms with Gasteiger partial charge in [-0.3, -0.25) is 14.9 Å². The summed E-state index contributed by atoms with van der Waals surface area (Å²) < 4.78 is 0. The van der Waals surface area contributed by atoms with Gasteiger partial charge in [0.15, 0.2) is 0 Å². The fourth-order valence-electron chi connectivity index (χ4n) is 4.26. The number of piperidine rings is 1. The lowest BCUT2D eigenvalue weighted by atomic mass is 10.0. The molecule has 2 saturated heterocycles. The fraction of sp³-hybridized carbons (Fsp3) is 0.680. The van der Waals surface area contributed by atoms with Crippen molar-refractivity contribution in [2.24, 2.45) is 5.92 Å². The number of rotatable bonds is 9. The quantitative estimate of drug-likeness (QED) is 0.559. The maximum absolute atomic E-state index is 13.0. The fourth-order valence-corrected chi connectivity index (χ4v) is 5.68. The van der Waals surface area contributed by atoms with Crippen LogP contribution in [0.4, 0.5) is 0 Å². The molecular formula is C25H39N3O2S. The minimum atomic E-state index is -0.128. The van der Waals surface area contributed by atoms with Crippen LogP contribution in [-0.4, -0.2) is 53.0 Å². The minimum Gasteiger partial charge on any atom is -0.354 e. The molecule has 172 valence electrons. The van der Waals surface area contributed by atoms with E-state index in [-0.39, 0.29) is 22.7 Å². The van der Waals surface area contributed by atoms with Crippen LogP contribution in [0.15, 0.2) is 24.3 Å². The highest BCUT2D eigenvalue weighted by atomic mass is 32.2. The SMILES string of the molecule is CCCCCc1ccc(C(=O)N2CCC3(CC2)NC(C(=O)NCC(C)CC)CS3)cc1. The molecule has 1 spiro atoms. The van der Waals surface area contributed by atoms with Crippen LogP contribution < -0.4 is 10.6 Å². The second-order valence-corrected chi connectivity index (χ2v) is 10.6. The summed E-state index contributed by atoms with van der Waals surface area (Å²) in [4.78, 5) is 27.4. The second-order valence-electron chi connectivity index (χ2n) is 9.21. The molecule has 2 atom stereocenters. The highest BCUT2D eigenvalue weighted by molar-refractivity contribution is 8.01. The van der Waals surface area contributed by atoms with Gasteiger partial charge in [0.1, 0.15) is 0 Å². The number of nitrogens with zero attached hydrogens (tertiary/aromatic N) is 1. The first kappa shape index (κ1) is 24.1. The number of nitrogens with one attached hydrogen (secondary N) is 2. The zero-order valence-corrected chi connectivity index (χ0v) is 20.2. The first-order valence-electron chi connectivity index (χ1n) is 12.0. The van der Waals surface area contributed by atoms with Gasteiger partial charge in [-0.2, -0.15) is 0 Å². The van der Waals surface area contributed by atoms with Gasteiger partial charge in [-0.05, 0) is 49.3 Å². The largest absolute Gasteiger partial charge is 0.354 e. The van der Waals surface area contributed by atoms with E-state index in [1.807, 2.05) is 28.8 Å². The molecule has 1 aromatic rings. The van der Waals surface area contributed by atoms with Crippen LogP contribution in [0.2, 0.25) is 0 Å². The van der Waals surface area contributed by atoms with Crippen molar-refractivity contribution in [1.29, 1.82) is 0 Å². The van der Waals surface area contributed by atoms with E-state index < -0.39 is 0 Å². The monoisotopic (exact) mass is 445 g/mol. The number of carbonyl (C=O) groups excluding carboxylic acids is 2. The van der Waals surface area contributed by atoms with Crippen LogP contribution in [0, 0.1) is 5.92 Å². The van der Waals surface area contributed by atoms with Crippen LogP contribution >= 0.6 is 11.8 Å². The smallest absolute Gasteiger partial charge is 0.253 e. The number of unbranched alkanes of at least 4 members (excludes halogenated alkanes) is 2. The molecule has 5 nitrogen and oxygen atoms in total. The molecule has 2 amide bonds. The molecular weight excluding hydrogens is 406 g/mol. The number of thioether (sulfide) groups is 1. The van der Waals surface area contributed by atoms with E-state index >= 15 is 0 Å². The zero-order valence-electron chi connectivity index (χ0n) is 19.4. The molecule has 2 aliphatic heterocycles. The number of aryl methyl sites for hydroxylation is 1. The second kappa shape index (κ2) is 11.4. The van der Waals surface area contributed by atoms with Crippen LogP contribution in [0.25, 0.3) is 0 Å². The molecule has 0 aliphatic carbocycles. The lowest BCUT2D eigenvalue weighted by Gasteiger charge is -2.39. The topological polar surface area (TPSA) is 61.4 Å². The molecule has 1 aromatic carbocycles. The van der Waals surface area contributed by atoms with Gasteiger partial charge in [0, 0.05) is 31.0 Å². The van der Waals surface area contributed by atoms with E-state index in [0.717, 1.165) is 56.6 Å². The molecule has 2 unspecified atom stereocenters. The molecule has 0 aromatic heterocycles. The Morgan fingerprint density at radius 1 is 1.19 bits per heavy atom. The average molecular weight is 446 g/mol. The third-order valence-corrected chi connectivity index (χ3v) is 8.31. The Morgan fingerprint density at radius 3 is 2.55 bits per heavy atom. The van der Waals surface area contributed by atoms with Gasteiger partial charge in [-0.25, -0.2) is 0 Å². The van der Waals surface area contributed by atoms with Crippen LogP contribution in [0.3, 0.4) is 0 Å². The predicted octanol–water partition coefficient (Wildman–Crippen LogP) is 4.22. The Bertz CT molecular complexity index is 729. The standard InChI is InChI=1S/C25H39N3O2S/c1-4-6-7-8-20-9-11-21(12-10-20)24(30)28-15-13-25(14-16-28)27-22(18-31-25)23(29)26-17-19(3)5-2/h9-12,19,22,27H,4-8,13-18H2,1-3H3,(H,26,29). The van der Waals surface area contributed by atoms with E-state index in [9.17, 15) is 9.59 Å². The van der Waals surface area contributed by atoms with E-state index in [0.29, 0.717) is 5.92 Å². The van der Waals surface area contributed by atoms with E-state index in [1.54, 1.807) is 0 Å². The Kier molecular flexibility index (Phi) is 8.85. The van der Waals surface area contributed by atoms with Gasteiger partial charge in [-0.15, -0.1) is 11.8 Å². The summed E-state index contributed by atoms with van der Waals surface area (Å²) in [5.74, 6) is 1.55. The summed E-state index contributed by atoms with van der Waals surface area (Å²) in [5.41, 5.74) is 2.09. The predicted molar refractivity (Wildman–Crippen MR) is 129 cm³/mol. The lowest BCUT2D eigenvalue weighted by molar-refractivity contribution is -0.122. The first-order valence-corrected chi connectivity index (χ1v) is 13.0. The summed E-state index contributed by atoms with van der Waals surface area (Å²) >= 11 is 1.85. The van der Waals surface area contributed by atoms with Crippen LogP contribution in [0.1, 0.15) is 75.2 Å². The van der Waals surface area contributed by atoms with E-state index in [2.05, 4.69) is 43.5 Å². The van der Waals surface area contributed by atoms with Crippen molar-refractivity contribution in [2.75, 3.05) is 25.4 Å². The van der Waals surface area contributed by atoms with Crippen molar-refractivity contribution in [3.63, 3.8) is 0 Å². The van der Waals surface area contributed by atoms with Crippen molar-refractivity contribution in [2.45, 2.75) is 76.6 Å². The van der Waals surface area contributed by atoms with Crippen LogP contribution in [0.5, 0.6) is 0 Å². The number of benzene rings is 1. The Hall–Kier alpha value is -1.53. The maximum atomic E-state index is 13.0. The highest BCUT2D eigenvalue weighted by Crippen LogP contribution is 2.39. The summed E-state index contributed by atoms with van der Waals surface area (Å²) in [5, 5.41) is 6.68. The van der Waals surface area contributed by atoms with Crippen molar-refractivity contribution in [3.05, 3.63) is 35.4 Å². The molecule has 0 radical (unpaired) electrons. The highest BCUT2D eigenvalue weighted by Gasteiger charge is 2.44. The summed E-state index contributed by atoms with van der Waals surface area (Å²) in [6, 6.07) is 8.04. The number of hydrogen-bond acceptors (Lipinski definition) is 4. The lowest BCUT2D eigenvalue weighted by Crippen LogP contribution is -2.54. The van der Waals surface area contributed by atoms with E-state index in [4.69, 9.17) is 0 Å². The third-order valence-electron chi connectivity index (χ3n) is 6.73. The number of likely N-dealkylation sites (tertiary alicyclic amines) is 1. The third kappa shape index (κ3) is 6.48. The summed E-state index contributed by atoms with van der Waals surface area (Å²) in [7, 11) is 0. The molecule has 0 bridgehead atoms. The molecule has 6 heteroatoms. The van der Waals surface area contributed by atoms with E-state index in [1.165, 1.54) is 24.8 Å². The molecule has 0 saturated carbocycles. The molecule has 2 heterocycles. The maximum Gasteiger partial charge on any atom is 0.253 e. The summed E-state index contributed by atoms with van der Waals surface area (Å²) in [6.45, 7) is 8.73. The Balaban J connectivity index is 1.47. The first-order chi connectivity index (χ1) is 15.0. The van der Waals surface area contributed by atoms with Gasteiger partial charge in [0.25, 0.3) is 5.91 Å². The van der Waals surface area contributed by atoms with Gasteiger partial charge in [0.2, 0.25) is 5.91 Å².